The van der Waals surface area contributed by atoms with E-state index in [2.05, 4.69) is 37.0 Å². The summed E-state index contributed by atoms with van der Waals surface area (Å²) in [7, 11) is 1.83. The molecule has 3 aromatic heterocycles. The molecule has 1 saturated carbocycles. The van der Waals surface area contributed by atoms with Crippen LogP contribution in [0.2, 0.25) is 0 Å². The van der Waals surface area contributed by atoms with Gasteiger partial charge in [0.2, 0.25) is 0 Å². The van der Waals surface area contributed by atoms with Crippen LogP contribution in [-0.2, 0) is 16.0 Å². The van der Waals surface area contributed by atoms with Crippen LogP contribution in [0.15, 0.2) is 30.5 Å². The van der Waals surface area contributed by atoms with Crippen LogP contribution in [0, 0.1) is 0 Å². The van der Waals surface area contributed by atoms with Gasteiger partial charge >= 0.3 is 0 Å². The monoisotopic (exact) mass is 519 g/mol. The van der Waals surface area contributed by atoms with Gasteiger partial charge in [0.25, 0.3) is 0 Å². The summed E-state index contributed by atoms with van der Waals surface area (Å²) in [6, 6.07) is 8.44. The van der Waals surface area contributed by atoms with Crippen molar-refractivity contribution in [1.29, 1.82) is 0 Å². The maximum Gasteiger partial charge on any atom is 0.162 e. The van der Waals surface area contributed by atoms with Gasteiger partial charge in [0.1, 0.15) is 0 Å². The lowest BCUT2D eigenvalue weighted by atomic mass is 10.1. The highest BCUT2D eigenvalue weighted by molar-refractivity contribution is 7.19. The number of nitrogens with one attached hydrogen (secondary N) is 1. The molecule has 194 valence electrons. The first-order valence-electron chi connectivity index (χ1n) is 13.2. The van der Waals surface area contributed by atoms with Crippen LogP contribution in [0.1, 0.15) is 17.7 Å². The van der Waals surface area contributed by atoms with E-state index in [1.807, 2.05) is 36.8 Å². The van der Waals surface area contributed by atoms with E-state index in [1.165, 1.54) is 22.4 Å². The molecular formula is C27H33N7O2S. The smallest absolute Gasteiger partial charge is 0.162 e. The maximum absolute atomic E-state index is 5.64. The fourth-order valence-corrected chi connectivity index (χ4v) is 7.04. The van der Waals surface area contributed by atoms with Crippen LogP contribution in [-0.4, -0.2) is 102 Å². The Hall–Kier alpha value is -2.63. The number of aromatic nitrogens is 4. The van der Waals surface area contributed by atoms with Crippen LogP contribution in [0.5, 0.6) is 0 Å². The lowest BCUT2D eigenvalue weighted by Crippen LogP contribution is -2.52. The molecule has 1 aromatic carbocycles. The predicted octanol–water partition coefficient (Wildman–Crippen LogP) is 3.37. The number of thiophene rings is 1. The lowest BCUT2D eigenvalue weighted by molar-refractivity contribution is 0.0346. The molecule has 2 saturated heterocycles. The first-order valence-corrected chi connectivity index (χ1v) is 14.1. The normalized spacial score (nSPS) is 20.7. The highest BCUT2D eigenvalue weighted by atomic mass is 32.1. The average Bonchev–Trinajstić information content (AvgIpc) is 3.36. The number of rotatable bonds is 7. The quantitative estimate of drug-likeness (QED) is 0.398. The van der Waals surface area contributed by atoms with Crippen molar-refractivity contribution in [1.82, 2.24) is 30.0 Å². The summed E-state index contributed by atoms with van der Waals surface area (Å²) in [5.74, 6) is 1.78. The summed E-state index contributed by atoms with van der Waals surface area (Å²) in [6.07, 6.45) is 4.41. The van der Waals surface area contributed by atoms with E-state index < -0.39 is 0 Å². The molecule has 37 heavy (non-hydrogen) atoms. The number of hydrogen-bond donors (Lipinski definition) is 1. The number of nitrogens with zero attached hydrogens (tertiary/aromatic N) is 6. The highest BCUT2D eigenvalue weighted by Gasteiger charge is 2.48. The Labute approximate surface area is 220 Å². The SMILES string of the molecule is COCC1(N2CCN(Cc3cc4nc(-c5cccc6[nH]ncc56)nc(N5CCOCC5)c4s3)CC2)CC1. The van der Waals surface area contributed by atoms with Crippen molar-refractivity contribution in [3.05, 3.63) is 35.3 Å². The molecule has 9 nitrogen and oxygen atoms in total. The van der Waals surface area contributed by atoms with E-state index in [1.54, 1.807) is 0 Å². The molecule has 0 amide bonds. The molecule has 0 radical (unpaired) electrons. The summed E-state index contributed by atoms with van der Waals surface area (Å²) in [5.41, 5.74) is 3.35. The number of piperazine rings is 1. The third-order valence-corrected chi connectivity index (χ3v) is 9.21. The molecule has 1 N–H and O–H groups in total. The molecule has 0 bridgehead atoms. The number of morpholine rings is 1. The molecular weight excluding hydrogens is 486 g/mol. The number of methoxy groups -OCH3 is 1. The van der Waals surface area contributed by atoms with Crippen LogP contribution >= 0.6 is 11.3 Å². The van der Waals surface area contributed by atoms with E-state index in [0.717, 1.165) is 99.3 Å². The van der Waals surface area contributed by atoms with Crippen LogP contribution in [0.4, 0.5) is 5.82 Å². The van der Waals surface area contributed by atoms with Crippen molar-refractivity contribution in [3.63, 3.8) is 0 Å². The van der Waals surface area contributed by atoms with Gasteiger partial charge in [-0.15, -0.1) is 11.3 Å². The molecule has 0 spiro atoms. The number of hydrogen-bond acceptors (Lipinski definition) is 9. The van der Waals surface area contributed by atoms with E-state index in [-0.39, 0.29) is 0 Å². The molecule has 2 aliphatic heterocycles. The number of fused-ring (bicyclic) bond motifs is 2. The second-order valence-electron chi connectivity index (χ2n) is 10.5. The molecule has 0 atom stereocenters. The third-order valence-electron chi connectivity index (χ3n) is 8.10. The van der Waals surface area contributed by atoms with Crippen molar-refractivity contribution < 1.29 is 9.47 Å². The molecule has 3 aliphatic rings. The van der Waals surface area contributed by atoms with Crippen LogP contribution in [0.25, 0.3) is 32.5 Å². The topological polar surface area (TPSA) is 82.6 Å². The summed E-state index contributed by atoms with van der Waals surface area (Å²) < 4.78 is 12.3. The number of ether oxygens (including phenoxy) is 2. The van der Waals surface area contributed by atoms with E-state index >= 15 is 0 Å². The Morgan fingerprint density at radius 2 is 1.92 bits per heavy atom. The Kier molecular flexibility index (Phi) is 6.09. The molecule has 3 fully saturated rings. The first kappa shape index (κ1) is 23.5. The fourth-order valence-electron chi connectivity index (χ4n) is 5.88. The van der Waals surface area contributed by atoms with Gasteiger partial charge in [-0.3, -0.25) is 14.9 Å². The molecule has 5 heterocycles. The van der Waals surface area contributed by atoms with Crippen LogP contribution in [0.3, 0.4) is 0 Å². The minimum absolute atomic E-state index is 0.315. The zero-order chi connectivity index (χ0) is 24.8. The Bertz CT molecular complexity index is 1400. The van der Waals surface area contributed by atoms with Crippen molar-refractivity contribution in [2.45, 2.75) is 24.9 Å². The Balaban J connectivity index is 1.18. The van der Waals surface area contributed by atoms with Crippen molar-refractivity contribution in [2.24, 2.45) is 0 Å². The molecule has 0 unspecified atom stereocenters. The van der Waals surface area contributed by atoms with Gasteiger partial charge in [-0.1, -0.05) is 12.1 Å². The van der Waals surface area contributed by atoms with E-state index in [4.69, 9.17) is 19.4 Å². The zero-order valence-electron chi connectivity index (χ0n) is 21.3. The minimum atomic E-state index is 0.315. The molecule has 1 aliphatic carbocycles. The van der Waals surface area contributed by atoms with E-state index in [9.17, 15) is 0 Å². The van der Waals surface area contributed by atoms with Crippen molar-refractivity contribution in [3.8, 4) is 11.4 Å². The Morgan fingerprint density at radius 1 is 1.08 bits per heavy atom. The zero-order valence-corrected chi connectivity index (χ0v) is 22.1. The second-order valence-corrected chi connectivity index (χ2v) is 11.6. The molecule has 10 heteroatoms. The highest BCUT2D eigenvalue weighted by Crippen LogP contribution is 2.42. The van der Waals surface area contributed by atoms with Gasteiger partial charge < -0.3 is 14.4 Å². The fraction of sp³-hybridized carbons (Fsp3) is 0.519. The van der Waals surface area contributed by atoms with Crippen molar-refractivity contribution >= 4 is 38.3 Å². The summed E-state index contributed by atoms with van der Waals surface area (Å²) >= 11 is 1.85. The number of H-pyrrole nitrogens is 1. The van der Waals surface area contributed by atoms with Crippen LogP contribution < -0.4 is 4.90 Å². The Morgan fingerprint density at radius 3 is 2.70 bits per heavy atom. The summed E-state index contributed by atoms with van der Waals surface area (Å²) in [5, 5.41) is 8.36. The lowest BCUT2D eigenvalue weighted by Gasteiger charge is -2.39. The van der Waals surface area contributed by atoms with Gasteiger partial charge in [0, 0.05) is 74.3 Å². The second kappa shape index (κ2) is 9.59. The number of benzene rings is 1. The predicted molar refractivity (Wildman–Crippen MR) is 146 cm³/mol. The minimum Gasteiger partial charge on any atom is -0.383 e. The van der Waals surface area contributed by atoms with E-state index in [0.29, 0.717) is 5.54 Å². The standard InChI is InChI=1S/C27H33N7O2S/c1-35-18-27(5-6-27)34-9-7-32(8-10-34)17-19-15-23-24(37-19)26(33-11-13-36-14-12-33)30-25(29-23)20-3-2-4-22-21(20)16-28-31-22/h2-4,15-16H,5-14,17-18H2,1H3,(H,28,31). The number of anilines is 1. The third kappa shape index (κ3) is 4.40. The van der Waals surface area contributed by atoms with Gasteiger partial charge in [-0.05, 0) is 25.0 Å². The largest absolute Gasteiger partial charge is 0.383 e. The van der Waals surface area contributed by atoms with Gasteiger partial charge in [-0.25, -0.2) is 9.97 Å². The molecule has 7 rings (SSSR count). The average molecular weight is 520 g/mol. The van der Waals surface area contributed by atoms with Gasteiger partial charge in [0.05, 0.1) is 41.8 Å². The first-order chi connectivity index (χ1) is 18.2. The van der Waals surface area contributed by atoms with Gasteiger partial charge in [-0.2, -0.15) is 5.10 Å². The van der Waals surface area contributed by atoms with Gasteiger partial charge in [0.15, 0.2) is 11.6 Å². The number of aromatic amines is 1. The van der Waals surface area contributed by atoms with Crippen molar-refractivity contribution in [2.75, 3.05) is 71.1 Å². The maximum atomic E-state index is 5.64. The summed E-state index contributed by atoms with van der Waals surface area (Å²) in [4.78, 5) is 19.2. The molecule has 4 aromatic rings. The summed E-state index contributed by atoms with van der Waals surface area (Å²) in [6.45, 7) is 9.39.